The number of carbonyl (C=O) groups excluding carboxylic acids is 2. The Labute approximate surface area is 108 Å². The van der Waals surface area contributed by atoms with Crippen LogP contribution in [0.5, 0.6) is 0 Å². The molecule has 2 fully saturated rings. The SMILES string of the molecule is CC(C)(C)OC(=O)N1CCN([C@H]2CCC2=O)CC1. The van der Waals surface area contributed by atoms with Gasteiger partial charge in [0.2, 0.25) is 0 Å². The van der Waals surface area contributed by atoms with Crippen molar-refractivity contribution >= 4 is 11.9 Å². The summed E-state index contributed by atoms with van der Waals surface area (Å²) in [5.74, 6) is 0.348. The van der Waals surface area contributed by atoms with Crippen LogP contribution in [-0.2, 0) is 9.53 Å². The van der Waals surface area contributed by atoms with Crippen LogP contribution in [0, 0.1) is 0 Å². The maximum absolute atomic E-state index is 11.9. The average molecular weight is 254 g/mol. The summed E-state index contributed by atoms with van der Waals surface area (Å²) < 4.78 is 5.34. The van der Waals surface area contributed by atoms with Crippen LogP contribution in [0.25, 0.3) is 0 Å². The van der Waals surface area contributed by atoms with Gasteiger partial charge in [-0.15, -0.1) is 0 Å². The Morgan fingerprint density at radius 1 is 1.22 bits per heavy atom. The lowest BCUT2D eigenvalue weighted by atomic mass is 9.89. The van der Waals surface area contributed by atoms with E-state index >= 15 is 0 Å². The van der Waals surface area contributed by atoms with Gasteiger partial charge in [-0.1, -0.05) is 0 Å². The molecule has 0 N–H and O–H groups in total. The number of rotatable bonds is 1. The molecule has 1 aliphatic heterocycles. The molecule has 0 aromatic carbocycles. The minimum atomic E-state index is -0.446. The lowest BCUT2D eigenvalue weighted by Crippen LogP contribution is -2.57. The Morgan fingerprint density at radius 3 is 2.22 bits per heavy atom. The molecule has 102 valence electrons. The van der Waals surface area contributed by atoms with Gasteiger partial charge in [0, 0.05) is 32.6 Å². The van der Waals surface area contributed by atoms with Crippen molar-refractivity contribution in [2.24, 2.45) is 0 Å². The molecular weight excluding hydrogens is 232 g/mol. The summed E-state index contributed by atoms with van der Waals surface area (Å²) in [6.45, 7) is 8.46. The normalized spacial score (nSPS) is 25.8. The Bertz CT molecular complexity index is 341. The van der Waals surface area contributed by atoms with Crippen molar-refractivity contribution < 1.29 is 14.3 Å². The number of piperazine rings is 1. The van der Waals surface area contributed by atoms with Crippen molar-refractivity contribution in [3.63, 3.8) is 0 Å². The van der Waals surface area contributed by atoms with Gasteiger partial charge in [-0.05, 0) is 27.2 Å². The zero-order valence-electron chi connectivity index (χ0n) is 11.4. The van der Waals surface area contributed by atoms with Gasteiger partial charge >= 0.3 is 6.09 Å². The predicted molar refractivity (Wildman–Crippen MR) is 67.4 cm³/mol. The third kappa shape index (κ3) is 3.02. The van der Waals surface area contributed by atoms with Crippen LogP contribution in [0.15, 0.2) is 0 Å². The van der Waals surface area contributed by atoms with Crippen molar-refractivity contribution in [3.05, 3.63) is 0 Å². The monoisotopic (exact) mass is 254 g/mol. The second kappa shape index (κ2) is 4.88. The maximum atomic E-state index is 11.9. The molecule has 5 nitrogen and oxygen atoms in total. The molecule has 0 radical (unpaired) electrons. The fraction of sp³-hybridized carbons (Fsp3) is 0.846. The molecule has 0 spiro atoms. The van der Waals surface area contributed by atoms with Crippen LogP contribution in [0.1, 0.15) is 33.6 Å². The number of nitrogens with zero attached hydrogens (tertiary/aromatic N) is 2. The summed E-state index contributed by atoms with van der Waals surface area (Å²) in [7, 11) is 0. The van der Waals surface area contributed by atoms with Gasteiger partial charge in [0.1, 0.15) is 11.4 Å². The van der Waals surface area contributed by atoms with E-state index in [2.05, 4.69) is 4.90 Å². The van der Waals surface area contributed by atoms with Crippen LogP contribution < -0.4 is 0 Å². The Kier molecular flexibility index (Phi) is 3.61. The molecule has 2 aliphatic rings. The van der Waals surface area contributed by atoms with Crippen LogP contribution in [-0.4, -0.2) is 59.5 Å². The third-order valence-electron chi connectivity index (χ3n) is 3.44. The first-order valence-electron chi connectivity index (χ1n) is 6.61. The van der Waals surface area contributed by atoms with E-state index in [1.54, 1.807) is 4.90 Å². The zero-order valence-corrected chi connectivity index (χ0v) is 11.4. The van der Waals surface area contributed by atoms with Gasteiger partial charge in [0.05, 0.1) is 6.04 Å². The minimum absolute atomic E-state index is 0.116. The van der Waals surface area contributed by atoms with Crippen molar-refractivity contribution in [2.75, 3.05) is 26.2 Å². The van der Waals surface area contributed by atoms with Gasteiger partial charge in [-0.25, -0.2) is 4.79 Å². The van der Waals surface area contributed by atoms with Gasteiger partial charge in [0.15, 0.2) is 0 Å². The lowest BCUT2D eigenvalue weighted by Gasteiger charge is -2.41. The van der Waals surface area contributed by atoms with E-state index in [1.807, 2.05) is 20.8 Å². The summed E-state index contributed by atoms with van der Waals surface area (Å²) in [5.41, 5.74) is -0.446. The number of hydrogen-bond acceptors (Lipinski definition) is 4. The van der Waals surface area contributed by atoms with Crippen molar-refractivity contribution in [3.8, 4) is 0 Å². The first-order valence-corrected chi connectivity index (χ1v) is 6.61. The molecule has 1 saturated heterocycles. The molecule has 18 heavy (non-hydrogen) atoms. The smallest absolute Gasteiger partial charge is 0.410 e. The molecular formula is C13H22N2O3. The largest absolute Gasteiger partial charge is 0.444 e. The molecule has 0 unspecified atom stereocenters. The number of hydrogen-bond donors (Lipinski definition) is 0. The lowest BCUT2D eigenvalue weighted by molar-refractivity contribution is -0.132. The summed E-state index contributed by atoms with van der Waals surface area (Å²) >= 11 is 0. The van der Waals surface area contributed by atoms with Gasteiger partial charge in [-0.2, -0.15) is 0 Å². The molecule has 0 bridgehead atoms. The average Bonchev–Trinajstić information content (AvgIpc) is 2.25. The molecule has 0 aromatic heterocycles. The Balaban J connectivity index is 1.79. The Hall–Kier alpha value is -1.10. The molecule has 2 rings (SSSR count). The van der Waals surface area contributed by atoms with Gasteiger partial charge in [-0.3, -0.25) is 9.69 Å². The summed E-state index contributed by atoms with van der Waals surface area (Å²) in [6, 6.07) is 0.116. The third-order valence-corrected chi connectivity index (χ3v) is 3.44. The first-order chi connectivity index (χ1) is 8.37. The maximum Gasteiger partial charge on any atom is 0.410 e. The fourth-order valence-electron chi connectivity index (χ4n) is 2.32. The highest BCUT2D eigenvalue weighted by Crippen LogP contribution is 2.22. The highest BCUT2D eigenvalue weighted by atomic mass is 16.6. The number of ketones is 1. The van der Waals surface area contributed by atoms with Crippen LogP contribution >= 0.6 is 0 Å². The number of amides is 1. The standard InChI is InChI=1S/C13H22N2O3/c1-13(2,3)18-12(17)15-8-6-14(7-9-15)10-4-5-11(10)16/h10H,4-9H2,1-3H3/t10-/m0/s1. The minimum Gasteiger partial charge on any atom is -0.444 e. The summed E-state index contributed by atoms with van der Waals surface area (Å²) in [6.07, 6.45) is 1.45. The molecule has 5 heteroatoms. The summed E-state index contributed by atoms with van der Waals surface area (Å²) in [5, 5.41) is 0. The molecule has 1 atom stereocenters. The second-order valence-electron chi connectivity index (χ2n) is 6.02. The van der Waals surface area contributed by atoms with Crippen molar-refractivity contribution in [2.45, 2.75) is 45.3 Å². The Morgan fingerprint density at radius 2 is 1.83 bits per heavy atom. The van der Waals surface area contributed by atoms with Gasteiger partial charge < -0.3 is 9.64 Å². The van der Waals surface area contributed by atoms with E-state index < -0.39 is 5.60 Å². The van der Waals surface area contributed by atoms with Crippen LogP contribution in [0.4, 0.5) is 4.79 Å². The number of carbonyl (C=O) groups is 2. The van der Waals surface area contributed by atoms with Gasteiger partial charge in [0.25, 0.3) is 0 Å². The second-order valence-corrected chi connectivity index (χ2v) is 6.02. The number of Topliss-reactive ketones (excluding diaryl/α,β-unsaturated/α-hetero) is 1. The highest BCUT2D eigenvalue weighted by Gasteiger charge is 2.36. The molecule has 0 aromatic rings. The predicted octanol–water partition coefficient (Wildman–Crippen LogP) is 1.27. The topological polar surface area (TPSA) is 49.9 Å². The van der Waals surface area contributed by atoms with Crippen LogP contribution in [0.3, 0.4) is 0 Å². The molecule has 1 heterocycles. The zero-order chi connectivity index (χ0) is 13.3. The van der Waals surface area contributed by atoms with Crippen molar-refractivity contribution in [1.82, 2.24) is 9.80 Å². The van der Waals surface area contributed by atoms with E-state index in [1.165, 1.54) is 0 Å². The quantitative estimate of drug-likeness (QED) is 0.707. The highest BCUT2D eigenvalue weighted by molar-refractivity contribution is 5.89. The van der Waals surface area contributed by atoms with E-state index in [0.29, 0.717) is 18.9 Å². The summed E-state index contributed by atoms with van der Waals surface area (Å²) in [4.78, 5) is 27.2. The van der Waals surface area contributed by atoms with E-state index in [0.717, 1.165) is 25.9 Å². The van der Waals surface area contributed by atoms with Crippen molar-refractivity contribution in [1.29, 1.82) is 0 Å². The van der Waals surface area contributed by atoms with Crippen LogP contribution in [0.2, 0.25) is 0 Å². The number of ether oxygens (including phenoxy) is 1. The molecule has 1 aliphatic carbocycles. The molecule has 1 amide bonds. The fourth-order valence-corrected chi connectivity index (χ4v) is 2.32. The van der Waals surface area contributed by atoms with E-state index in [9.17, 15) is 9.59 Å². The molecule has 1 saturated carbocycles. The van der Waals surface area contributed by atoms with E-state index in [4.69, 9.17) is 4.74 Å². The first kappa shape index (κ1) is 13.3. The van der Waals surface area contributed by atoms with E-state index in [-0.39, 0.29) is 12.1 Å².